The molecular formula is C29H61N2O6P. The van der Waals surface area contributed by atoms with E-state index in [2.05, 4.69) is 19.2 Å². The third-order valence-corrected chi connectivity index (χ3v) is 7.81. The Labute approximate surface area is 234 Å². The standard InChI is InChI=1S/C29H61N2O6P/c1-6-8-10-12-14-15-16-17-18-20-22-28(32)27(30-29(33)23-21-19-13-11-9-7-2)26-37-38(34,35)36-25-24-31(3,4)5/h27-28,32H,6-26H2,1-5H3,(H-,30,33,34,35). The molecule has 0 aliphatic rings. The lowest BCUT2D eigenvalue weighted by atomic mass is 10.0. The van der Waals surface area contributed by atoms with Crippen LogP contribution in [0.15, 0.2) is 0 Å². The summed E-state index contributed by atoms with van der Waals surface area (Å²) in [5, 5.41) is 13.6. The normalized spacial score (nSPS) is 15.2. The number of amides is 1. The predicted molar refractivity (Wildman–Crippen MR) is 155 cm³/mol. The summed E-state index contributed by atoms with van der Waals surface area (Å²) in [7, 11) is 1.30. The van der Waals surface area contributed by atoms with Crippen LogP contribution in [0.5, 0.6) is 0 Å². The summed E-state index contributed by atoms with van der Waals surface area (Å²) < 4.78 is 22.9. The zero-order valence-electron chi connectivity index (χ0n) is 25.4. The number of hydrogen-bond acceptors (Lipinski definition) is 6. The molecule has 0 aliphatic carbocycles. The Morgan fingerprint density at radius 3 is 1.79 bits per heavy atom. The van der Waals surface area contributed by atoms with Crippen molar-refractivity contribution in [2.75, 3.05) is 40.9 Å². The molecule has 0 heterocycles. The Morgan fingerprint density at radius 1 is 0.816 bits per heavy atom. The summed E-state index contributed by atoms with van der Waals surface area (Å²) in [5.74, 6) is -0.178. The van der Waals surface area contributed by atoms with Crippen LogP contribution in [0.2, 0.25) is 0 Å². The third kappa shape index (κ3) is 24.5. The molecular weight excluding hydrogens is 503 g/mol. The SMILES string of the molecule is CCCCCCCCCCCCC(O)C(COP(=O)([O-])OCC[N+](C)(C)C)NC(=O)CCCCCCCC. The average molecular weight is 565 g/mol. The van der Waals surface area contributed by atoms with Crippen LogP contribution < -0.4 is 10.2 Å². The van der Waals surface area contributed by atoms with Gasteiger partial charge in [0.25, 0.3) is 7.82 Å². The minimum Gasteiger partial charge on any atom is -0.756 e. The summed E-state index contributed by atoms with van der Waals surface area (Å²) in [5.41, 5.74) is 0. The molecule has 38 heavy (non-hydrogen) atoms. The molecule has 0 fully saturated rings. The lowest BCUT2D eigenvalue weighted by molar-refractivity contribution is -0.870. The van der Waals surface area contributed by atoms with E-state index >= 15 is 0 Å². The molecule has 0 saturated carbocycles. The molecule has 0 aromatic carbocycles. The first-order valence-corrected chi connectivity index (χ1v) is 16.8. The zero-order valence-corrected chi connectivity index (χ0v) is 26.3. The number of phosphoric acid groups is 1. The number of aliphatic hydroxyl groups is 1. The lowest BCUT2D eigenvalue weighted by Crippen LogP contribution is -2.46. The largest absolute Gasteiger partial charge is 0.756 e. The van der Waals surface area contributed by atoms with E-state index in [1.54, 1.807) is 0 Å². The van der Waals surface area contributed by atoms with Crippen molar-refractivity contribution in [2.45, 2.75) is 142 Å². The van der Waals surface area contributed by atoms with Crippen LogP contribution in [0.3, 0.4) is 0 Å². The molecule has 0 aromatic rings. The molecule has 0 bridgehead atoms. The minimum atomic E-state index is -4.53. The van der Waals surface area contributed by atoms with Gasteiger partial charge in [0.05, 0.1) is 39.9 Å². The monoisotopic (exact) mass is 564 g/mol. The van der Waals surface area contributed by atoms with Crippen LogP contribution in [0, 0.1) is 0 Å². The highest BCUT2D eigenvalue weighted by molar-refractivity contribution is 7.45. The van der Waals surface area contributed by atoms with Gasteiger partial charge >= 0.3 is 0 Å². The predicted octanol–water partition coefficient (Wildman–Crippen LogP) is 6.10. The Bertz CT molecular complexity index is 614. The number of unbranched alkanes of at least 4 members (excludes halogenated alkanes) is 14. The van der Waals surface area contributed by atoms with Gasteiger partial charge in [0.1, 0.15) is 13.2 Å². The highest BCUT2D eigenvalue weighted by Gasteiger charge is 2.24. The molecule has 3 atom stereocenters. The number of likely N-dealkylation sites (N-methyl/N-ethyl adjacent to an activating group) is 1. The van der Waals surface area contributed by atoms with E-state index in [9.17, 15) is 19.4 Å². The van der Waals surface area contributed by atoms with Crippen molar-refractivity contribution in [2.24, 2.45) is 0 Å². The number of rotatable bonds is 27. The van der Waals surface area contributed by atoms with Gasteiger partial charge in [0.2, 0.25) is 5.91 Å². The molecule has 0 radical (unpaired) electrons. The highest BCUT2D eigenvalue weighted by atomic mass is 31.2. The van der Waals surface area contributed by atoms with E-state index in [1.807, 2.05) is 21.1 Å². The van der Waals surface area contributed by atoms with Crippen LogP contribution in [-0.4, -0.2) is 68.5 Å². The maximum absolute atomic E-state index is 12.5. The second-order valence-electron chi connectivity index (χ2n) is 11.8. The topological polar surface area (TPSA) is 108 Å². The Kier molecular flexibility index (Phi) is 22.9. The molecule has 0 saturated heterocycles. The van der Waals surface area contributed by atoms with Gasteiger partial charge in [-0.3, -0.25) is 9.36 Å². The van der Waals surface area contributed by atoms with Crippen LogP contribution in [0.4, 0.5) is 0 Å². The number of carbonyl (C=O) groups is 1. The minimum absolute atomic E-state index is 0.0144. The number of phosphoric ester groups is 1. The summed E-state index contributed by atoms with van der Waals surface area (Å²) in [6.07, 6.45) is 18.4. The molecule has 228 valence electrons. The fraction of sp³-hybridized carbons (Fsp3) is 0.966. The number of hydrogen-bond donors (Lipinski definition) is 2. The van der Waals surface area contributed by atoms with Gasteiger partial charge in [0, 0.05) is 6.42 Å². The maximum Gasteiger partial charge on any atom is 0.268 e. The van der Waals surface area contributed by atoms with E-state index in [1.165, 1.54) is 64.2 Å². The van der Waals surface area contributed by atoms with Crippen molar-refractivity contribution < 1.29 is 32.9 Å². The Morgan fingerprint density at radius 2 is 1.29 bits per heavy atom. The van der Waals surface area contributed by atoms with Gasteiger partial charge in [0.15, 0.2) is 0 Å². The third-order valence-electron chi connectivity index (χ3n) is 6.85. The first-order chi connectivity index (χ1) is 18.0. The quantitative estimate of drug-likeness (QED) is 0.0709. The average Bonchev–Trinajstić information content (AvgIpc) is 2.84. The number of carbonyl (C=O) groups excluding carboxylic acids is 1. The molecule has 3 unspecified atom stereocenters. The molecule has 0 aliphatic heterocycles. The molecule has 9 heteroatoms. The molecule has 0 aromatic heterocycles. The lowest BCUT2D eigenvalue weighted by Gasteiger charge is -2.30. The number of quaternary nitrogens is 1. The summed E-state index contributed by atoms with van der Waals surface area (Å²) in [6.45, 7) is 4.60. The fourth-order valence-corrected chi connectivity index (χ4v) is 4.99. The smallest absolute Gasteiger partial charge is 0.268 e. The van der Waals surface area contributed by atoms with Crippen LogP contribution in [0.1, 0.15) is 129 Å². The summed E-state index contributed by atoms with van der Waals surface area (Å²) in [4.78, 5) is 24.8. The molecule has 8 nitrogen and oxygen atoms in total. The van der Waals surface area contributed by atoms with Gasteiger partial charge < -0.3 is 28.8 Å². The van der Waals surface area contributed by atoms with Crippen molar-refractivity contribution in [3.63, 3.8) is 0 Å². The number of aliphatic hydroxyl groups excluding tert-OH is 1. The van der Waals surface area contributed by atoms with Crippen molar-refractivity contribution in [1.29, 1.82) is 0 Å². The highest BCUT2D eigenvalue weighted by Crippen LogP contribution is 2.38. The number of nitrogens with one attached hydrogen (secondary N) is 1. The first kappa shape index (κ1) is 37.5. The van der Waals surface area contributed by atoms with Crippen LogP contribution in [0.25, 0.3) is 0 Å². The summed E-state index contributed by atoms with van der Waals surface area (Å²) in [6, 6.07) is -0.787. The molecule has 1 amide bonds. The van der Waals surface area contributed by atoms with Gasteiger partial charge in [-0.25, -0.2) is 0 Å². The van der Waals surface area contributed by atoms with E-state index < -0.39 is 20.0 Å². The molecule has 2 N–H and O–H groups in total. The van der Waals surface area contributed by atoms with Gasteiger partial charge in [-0.15, -0.1) is 0 Å². The van der Waals surface area contributed by atoms with Crippen molar-refractivity contribution in [3.05, 3.63) is 0 Å². The van der Waals surface area contributed by atoms with Crippen LogP contribution >= 0.6 is 7.82 Å². The Balaban J connectivity index is 4.57. The van der Waals surface area contributed by atoms with E-state index in [0.717, 1.165) is 38.5 Å². The van der Waals surface area contributed by atoms with E-state index in [-0.39, 0.29) is 19.1 Å². The first-order valence-electron chi connectivity index (χ1n) is 15.4. The van der Waals surface area contributed by atoms with Gasteiger partial charge in [-0.05, 0) is 12.8 Å². The van der Waals surface area contributed by atoms with Crippen molar-refractivity contribution in [1.82, 2.24) is 5.32 Å². The second-order valence-corrected chi connectivity index (χ2v) is 13.2. The van der Waals surface area contributed by atoms with Crippen molar-refractivity contribution in [3.8, 4) is 0 Å². The van der Waals surface area contributed by atoms with E-state index in [4.69, 9.17) is 9.05 Å². The maximum atomic E-state index is 12.5. The van der Waals surface area contributed by atoms with E-state index in [0.29, 0.717) is 23.9 Å². The molecule has 0 spiro atoms. The Hall–Kier alpha value is -0.500. The van der Waals surface area contributed by atoms with Crippen molar-refractivity contribution >= 4 is 13.7 Å². The fourth-order valence-electron chi connectivity index (χ4n) is 4.27. The molecule has 0 rings (SSSR count). The number of nitrogens with zero attached hydrogens (tertiary/aromatic N) is 1. The summed E-state index contributed by atoms with van der Waals surface area (Å²) >= 11 is 0. The van der Waals surface area contributed by atoms with Crippen LogP contribution in [-0.2, 0) is 18.4 Å². The zero-order chi connectivity index (χ0) is 28.7. The van der Waals surface area contributed by atoms with Gasteiger partial charge in [-0.1, -0.05) is 110 Å². The second kappa shape index (κ2) is 23.2. The van der Waals surface area contributed by atoms with Gasteiger partial charge in [-0.2, -0.15) is 0 Å².